The Morgan fingerprint density at radius 3 is 2.43 bits per heavy atom. The van der Waals surface area contributed by atoms with Crippen LogP contribution >= 0.6 is 11.6 Å². The lowest BCUT2D eigenvalue weighted by molar-refractivity contribution is 0.216. The van der Waals surface area contributed by atoms with E-state index >= 15 is 0 Å². The summed E-state index contributed by atoms with van der Waals surface area (Å²) in [7, 11) is 2.02. The molecule has 120 valence electrons. The van der Waals surface area contributed by atoms with Crippen LogP contribution in [0.1, 0.15) is 18.0 Å². The molecule has 0 bridgehead atoms. The third-order valence-corrected chi connectivity index (χ3v) is 4.62. The number of nitrogens with one attached hydrogen (secondary N) is 1. The van der Waals surface area contributed by atoms with Gasteiger partial charge in [0, 0.05) is 18.2 Å². The number of halogens is 1. The molecule has 1 N–H and O–H groups in total. The fraction of sp³-hybridized carbons (Fsp3) is 0.571. The highest BCUT2D eigenvalue weighted by Crippen LogP contribution is 2.20. The summed E-state index contributed by atoms with van der Waals surface area (Å²) >= 11 is 5.88. The van der Waals surface area contributed by atoms with Crippen molar-refractivity contribution in [3.8, 4) is 0 Å². The zero-order valence-electron chi connectivity index (χ0n) is 12.7. The summed E-state index contributed by atoms with van der Waals surface area (Å²) in [5.74, 6) is -0.0461. The lowest BCUT2D eigenvalue weighted by atomic mass is 10.0. The van der Waals surface area contributed by atoms with E-state index in [4.69, 9.17) is 16.3 Å². The number of nitrogens with zero attached hydrogens (tertiary/aromatic N) is 1. The number of benzene rings is 1. The van der Waals surface area contributed by atoms with Crippen molar-refractivity contribution in [3.63, 3.8) is 0 Å². The van der Waals surface area contributed by atoms with Gasteiger partial charge in [-0.2, -0.15) is 0 Å². The maximum absolute atomic E-state index is 12.1. The molecule has 0 aliphatic rings. The SMILES string of the molecule is COCCS(=O)(=O)NC(CCN(C)C)c1ccc(Cl)cc1. The quantitative estimate of drug-likeness (QED) is 0.749. The molecule has 1 atom stereocenters. The molecule has 0 spiro atoms. The summed E-state index contributed by atoms with van der Waals surface area (Å²) in [4.78, 5) is 2.02. The van der Waals surface area contributed by atoms with E-state index in [0.29, 0.717) is 11.4 Å². The van der Waals surface area contributed by atoms with Gasteiger partial charge in [-0.15, -0.1) is 0 Å². The van der Waals surface area contributed by atoms with Crippen LogP contribution in [0.25, 0.3) is 0 Å². The summed E-state index contributed by atoms with van der Waals surface area (Å²) in [6.45, 7) is 0.955. The van der Waals surface area contributed by atoms with Gasteiger partial charge in [0.2, 0.25) is 10.0 Å². The van der Waals surface area contributed by atoms with Gasteiger partial charge >= 0.3 is 0 Å². The van der Waals surface area contributed by atoms with E-state index in [0.717, 1.165) is 12.1 Å². The van der Waals surface area contributed by atoms with Crippen LogP contribution in [0.4, 0.5) is 0 Å². The van der Waals surface area contributed by atoms with Gasteiger partial charge in [0.05, 0.1) is 12.4 Å². The first-order chi connectivity index (χ1) is 9.84. The van der Waals surface area contributed by atoms with Crippen LogP contribution in [0, 0.1) is 0 Å². The van der Waals surface area contributed by atoms with Gasteiger partial charge < -0.3 is 9.64 Å². The van der Waals surface area contributed by atoms with E-state index in [1.165, 1.54) is 7.11 Å². The summed E-state index contributed by atoms with van der Waals surface area (Å²) in [5.41, 5.74) is 0.905. The maximum Gasteiger partial charge on any atom is 0.214 e. The van der Waals surface area contributed by atoms with Gasteiger partial charge in [-0.25, -0.2) is 13.1 Å². The Bertz CT molecular complexity index is 518. The molecular weight excluding hydrogens is 312 g/mol. The smallest absolute Gasteiger partial charge is 0.214 e. The fourth-order valence-electron chi connectivity index (χ4n) is 1.84. The normalized spacial score (nSPS) is 13.6. The predicted octanol–water partition coefficient (Wildman–Crippen LogP) is 1.90. The number of methoxy groups -OCH3 is 1. The van der Waals surface area contributed by atoms with Crippen molar-refractivity contribution in [2.24, 2.45) is 0 Å². The van der Waals surface area contributed by atoms with Gasteiger partial charge in [0.1, 0.15) is 0 Å². The molecule has 1 aromatic carbocycles. The summed E-state index contributed by atoms with van der Waals surface area (Å²) < 4.78 is 31.7. The number of hydrogen-bond acceptors (Lipinski definition) is 4. The van der Waals surface area contributed by atoms with E-state index in [9.17, 15) is 8.42 Å². The molecule has 0 heterocycles. The molecule has 7 heteroatoms. The average molecular weight is 335 g/mol. The second-order valence-electron chi connectivity index (χ2n) is 5.13. The third-order valence-electron chi connectivity index (χ3n) is 3.02. The molecule has 0 aliphatic heterocycles. The zero-order chi connectivity index (χ0) is 15.9. The standard InChI is InChI=1S/C14H23ClN2O3S/c1-17(2)9-8-14(12-4-6-13(15)7-5-12)16-21(18,19)11-10-20-3/h4-7,14,16H,8-11H2,1-3H3. The van der Waals surface area contributed by atoms with Crippen LogP contribution in [0.3, 0.4) is 0 Å². The van der Waals surface area contributed by atoms with Crippen molar-refractivity contribution in [2.75, 3.05) is 40.1 Å². The number of ether oxygens (including phenoxy) is 1. The molecule has 0 saturated carbocycles. The minimum atomic E-state index is -3.38. The molecule has 0 saturated heterocycles. The second-order valence-corrected chi connectivity index (χ2v) is 7.44. The van der Waals surface area contributed by atoms with Crippen LogP contribution in [0.15, 0.2) is 24.3 Å². The largest absolute Gasteiger partial charge is 0.384 e. The fourth-order valence-corrected chi connectivity index (χ4v) is 3.16. The molecule has 1 aromatic rings. The van der Waals surface area contributed by atoms with Crippen molar-refractivity contribution < 1.29 is 13.2 Å². The number of hydrogen-bond donors (Lipinski definition) is 1. The average Bonchev–Trinajstić information content (AvgIpc) is 2.42. The van der Waals surface area contributed by atoms with E-state index in [-0.39, 0.29) is 18.4 Å². The minimum Gasteiger partial charge on any atom is -0.384 e. The van der Waals surface area contributed by atoms with E-state index in [2.05, 4.69) is 4.72 Å². The first kappa shape index (κ1) is 18.4. The van der Waals surface area contributed by atoms with Gasteiger partial charge in [-0.1, -0.05) is 23.7 Å². The highest BCUT2D eigenvalue weighted by atomic mass is 35.5. The van der Waals surface area contributed by atoms with Crippen LogP contribution in [-0.4, -0.2) is 53.4 Å². The monoisotopic (exact) mass is 334 g/mol. The summed E-state index contributed by atoms with van der Waals surface area (Å²) in [6.07, 6.45) is 0.681. The molecule has 5 nitrogen and oxygen atoms in total. The van der Waals surface area contributed by atoms with Crippen LogP contribution in [0.2, 0.25) is 5.02 Å². The molecule has 0 fully saturated rings. The van der Waals surface area contributed by atoms with Crippen LogP contribution in [-0.2, 0) is 14.8 Å². The predicted molar refractivity (Wildman–Crippen MR) is 86.2 cm³/mol. The Labute approximate surface area is 132 Å². The van der Waals surface area contributed by atoms with Crippen molar-refractivity contribution in [1.29, 1.82) is 0 Å². The molecule has 0 amide bonds. The van der Waals surface area contributed by atoms with E-state index in [1.54, 1.807) is 12.1 Å². The van der Waals surface area contributed by atoms with Gasteiger partial charge in [0.15, 0.2) is 0 Å². The van der Waals surface area contributed by atoms with Crippen molar-refractivity contribution in [3.05, 3.63) is 34.9 Å². The number of rotatable bonds is 9. The zero-order valence-corrected chi connectivity index (χ0v) is 14.2. The van der Waals surface area contributed by atoms with Gasteiger partial charge in [-0.3, -0.25) is 0 Å². The lowest BCUT2D eigenvalue weighted by Gasteiger charge is -2.21. The Balaban J connectivity index is 2.84. The summed E-state index contributed by atoms with van der Waals surface area (Å²) in [5, 5.41) is 0.632. The minimum absolute atomic E-state index is 0.0461. The Morgan fingerprint density at radius 1 is 1.29 bits per heavy atom. The molecule has 1 unspecified atom stereocenters. The van der Waals surface area contributed by atoms with Crippen molar-refractivity contribution in [2.45, 2.75) is 12.5 Å². The topological polar surface area (TPSA) is 58.6 Å². The lowest BCUT2D eigenvalue weighted by Crippen LogP contribution is -2.33. The Morgan fingerprint density at radius 2 is 1.90 bits per heavy atom. The highest BCUT2D eigenvalue weighted by Gasteiger charge is 2.19. The number of sulfonamides is 1. The third kappa shape index (κ3) is 7.24. The highest BCUT2D eigenvalue weighted by molar-refractivity contribution is 7.89. The molecule has 21 heavy (non-hydrogen) atoms. The Hall–Kier alpha value is -0.660. The molecular formula is C14H23ClN2O3S. The molecule has 0 radical (unpaired) electrons. The van der Waals surface area contributed by atoms with E-state index < -0.39 is 10.0 Å². The van der Waals surface area contributed by atoms with Gasteiger partial charge in [-0.05, 0) is 44.8 Å². The maximum atomic E-state index is 12.1. The second kappa shape index (κ2) is 8.70. The summed E-state index contributed by atoms with van der Waals surface area (Å²) in [6, 6.07) is 6.96. The van der Waals surface area contributed by atoms with Crippen molar-refractivity contribution >= 4 is 21.6 Å². The van der Waals surface area contributed by atoms with Crippen LogP contribution in [0.5, 0.6) is 0 Å². The molecule has 0 aliphatic carbocycles. The Kier molecular flexibility index (Phi) is 7.62. The first-order valence-electron chi connectivity index (χ1n) is 6.73. The molecule has 0 aromatic heterocycles. The van der Waals surface area contributed by atoms with Crippen molar-refractivity contribution in [1.82, 2.24) is 9.62 Å². The molecule has 1 rings (SSSR count). The van der Waals surface area contributed by atoms with E-state index in [1.807, 2.05) is 31.1 Å². The first-order valence-corrected chi connectivity index (χ1v) is 8.76. The van der Waals surface area contributed by atoms with Gasteiger partial charge in [0.25, 0.3) is 0 Å². The van der Waals surface area contributed by atoms with Crippen LogP contribution < -0.4 is 4.72 Å².